The van der Waals surface area contributed by atoms with Gasteiger partial charge in [-0.2, -0.15) is 0 Å². The summed E-state index contributed by atoms with van der Waals surface area (Å²) in [6.07, 6.45) is 2.84. The van der Waals surface area contributed by atoms with Gasteiger partial charge in [-0.05, 0) is 24.5 Å². The molecule has 6 heteroatoms. The maximum atomic E-state index is 11.7. The van der Waals surface area contributed by atoms with Crippen LogP contribution in [-0.4, -0.2) is 19.2 Å². The Morgan fingerprint density at radius 2 is 2.27 bits per heavy atom. The molecule has 1 atom stereocenters. The van der Waals surface area contributed by atoms with Crippen LogP contribution >= 0.6 is 11.6 Å². The summed E-state index contributed by atoms with van der Waals surface area (Å²) >= 11 is 5.67. The highest BCUT2D eigenvalue weighted by Crippen LogP contribution is 2.35. The number of aromatic nitrogens is 1. The van der Waals surface area contributed by atoms with Gasteiger partial charge in [0.15, 0.2) is 15.0 Å². The number of nitrogens with zero attached hydrogens (tertiary/aromatic N) is 1. The minimum atomic E-state index is -3.01. The topological polar surface area (TPSA) is 73.1 Å². The smallest absolute Gasteiger partial charge is 0.157 e. The maximum absolute atomic E-state index is 11.7. The van der Waals surface area contributed by atoms with Crippen molar-refractivity contribution in [2.75, 3.05) is 11.5 Å². The quantitative estimate of drug-likeness (QED) is 0.764. The van der Waals surface area contributed by atoms with E-state index in [2.05, 4.69) is 4.98 Å². The normalized spacial score (nSPS) is 24.2. The molecule has 1 aromatic rings. The molecule has 1 aliphatic heterocycles. The fraction of sp³-hybridized carbons (Fsp3) is 0.444. The zero-order chi connectivity index (χ0) is 11.1. The van der Waals surface area contributed by atoms with Gasteiger partial charge in [0.2, 0.25) is 0 Å². The van der Waals surface area contributed by atoms with E-state index >= 15 is 0 Å². The molecule has 2 N–H and O–H groups in total. The molecular weight excluding hydrogens is 236 g/mol. The largest absolute Gasteiger partial charge is 0.396 e. The average molecular weight is 247 g/mol. The van der Waals surface area contributed by atoms with E-state index in [1.807, 2.05) is 0 Å². The Balaban J connectivity index is 2.42. The Morgan fingerprint density at radius 1 is 1.53 bits per heavy atom. The van der Waals surface area contributed by atoms with Crippen molar-refractivity contribution in [1.82, 2.24) is 4.98 Å². The van der Waals surface area contributed by atoms with Crippen molar-refractivity contribution in [3.8, 4) is 0 Å². The Kier molecular flexibility index (Phi) is 2.60. The summed E-state index contributed by atoms with van der Waals surface area (Å²) in [4.78, 5) is 3.86. The Bertz CT molecular complexity index is 487. The summed E-state index contributed by atoms with van der Waals surface area (Å²) in [5.74, 6) is 0.250. The lowest BCUT2D eigenvalue weighted by Gasteiger charge is -2.09. The van der Waals surface area contributed by atoms with E-state index < -0.39 is 15.1 Å². The maximum Gasteiger partial charge on any atom is 0.157 e. The van der Waals surface area contributed by atoms with Crippen molar-refractivity contribution in [2.45, 2.75) is 18.1 Å². The van der Waals surface area contributed by atoms with E-state index in [1.165, 1.54) is 6.20 Å². The van der Waals surface area contributed by atoms with Crippen molar-refractivity contribution in [3.05, 3.63) is 23.0 Å². The molecule has 15 heavy (non-hydrogen) atoms. The standard InChI is InChI=1S/C9H11ClN2O2S/c10-9-7(11)4-6(5-12-9)8-2-1-3-15(8,13)14/h4-5,8H,1-3,11H2. The minimum Gasteiger partial charge on any atom is -0.396 e. The number of hydrogen-bond acceptors (Lipinski definition) is 4. The molecular formula is C9H11ClN2O2S. The van der Waals surface area contributed by atoms with Gasteiger partial charge < -0.3 is 5.73 Å². The van der Waals surface area contributed by atoms with E-state index in [0.717, 1.165) is 0 Å². The van der Waals surface area contributed by atoms with Crippen LogP contribution in [-0.2, 0) is 9.84 Å². The zero-order valence-corrected chi connectivity index (χ0v) is 9.55. The van der Waals surface area contributed by atoms with Crippen molar-refractivity contribution >= 4 is 27.1 Å². The van der Waals surface area contributed by atoms with Crippen molar-refractivity contribution in [1.29, 1.82) is 0 Å². The monoisotopic (exact) mass is 246 g/mol. The van der Waals surface area contributed by atoms with Gasteiger partial charge >= 0.3 is 0 Å². The highest BCUT2D eigenvalue weighted by Gasteiger charge is 2.32. The number of hydrogen-bond donors (Lipinski definition) is 1. The van der Waals surface area contributed by atoms with Gasteiger partial charge in [0.1, 0.15) is 0 Å². The molecule has 1 aromatic heterocycles. The van der Waals surface area contributed by atoms with Gasteiger partial charge in [-0.15, -0.1) is 0 Å². The molecule has 1 saturated heterocycles. The molecule has 0 amide bonds. The number of halogens is 1. The number of rotatable bonds is 1. The predicted molar refractivity (Wildman–Crippen MR) is 59.4 cm³/mol. The third-order valence-electron chi connectivity index (χ3n) is 2.59. The third-order valence-corrected chi connectivity index (χ3v) is 5.14. The molecule has 0 radical (unpaired) electrons. The van der Waals surface area contributed by atoms with Gasteiger partial charge in [-0.25, -0.2) is 13.4 Å². The van der Waals surface area contributed by atoms with Crippen LogP contribution in [0, 0.1) is 0 Å². The SMILES string of the molecule is Nc1cc(C2CCCS2(=O)=O)cnc1Cl. The van der Waals surface area contributed by atoms with Crippen LogP contribution in [0.4, 0.5) is 5.69 Å². The molecule has 1 fully saturated rings. The molecule has 4 nitrogen and oxygen atoms in total. The number of nitrogen functional groups attached to an aromatic ring is 1. The Morgan fingerprint density at radius 3 is 2.80 bits per heavy atom. The van der Waals surface area contributed by atoms with Gasteiger partial charge in [0.05, 0.1) is 16.7 Å². The fourth-order valence-electron chi connectivity index (χ4n) is 1.82. The first-order valence-corrected chi connectivity index (χ1v) is 6.72. The first-order chi connectivity index (χ1) is 7.00. The van der Waals surface area contributed by atoms with Crippen LogP contribution in [0.5, 0.6) is 0 Å². The third kappa shape index (κ3) is 1.94. The number of anilines is 1. The molecule has 0 aromatic carbocycles. The van der Waals surface area contributed by atoms with Crippen LogP contribution in [0.3, 0.4) is 0 Å². The molecule has 1 aliphatic rings. The predicted octanol–water partition coefficient (Wildman–Crippen LogP) is 1.57. The van der Waals surface area contributed by atoms with Crippen LogP contribution in [0.1, 0.15) is 23.7 Å². The summed E-state index contributed by atoms with van der Waals surface area (Å²) in [7, 11) is -3.01. The fourth-order valence-corrected chi connectivity index (χ4v) is 3.85. The van der Waals surface area contributed by atoms with E-state index in [9.17, 15) is 8.42 Å². The highest BCUT2D eigenvalue weighted by atomic mass is 35.5. The molecule has 82 valence electrons. The average Bonchev–Trinajstić information content (AvgIpc) is 2.50. The number of pyridine rings is 1. The second-order valence-electron chi connectivity index (χ2n) is 3.65. The highest BCUT2D eigenvalue weighted by molar-refractivity contribution is 7.91. The van der Waals surface area contributed by atoms with Crippen LogP contribution in [0.25, 0.3) is 0 Å². The second-order valence-corrected chi connectivity index (χ2v) is 6.31. The molecule has 2 rings (SSSR count). The van der Waals surface area contributed by atoms with Gasteiger partial charge in [-0.3, -0.25) is 0 Å². The van der Waals surface area contributed by atoms with E-state index in [1.54, 1.807) is 6.07 Å². The van der Waals surface area contributed by atoms with Crippen molar-refractivity contribution in [2.24, 2.45) is 0 Å². The van der Waals surface area contributed by atoms with E-state index in [-0.39, 0.29) is 10.9 Å². The van der Waals surface area contributed by atoms with E-state index in [4.69, 9.17) is 17.3 Å². The summed E-state index contributed by atoms with van der Waals surface area (Å²) in [6.45, 7) is 0. The van der Waals surface area contributed by atoms with Crippen LogP contribution in [0.15, 0.2) is 12.3 Å². The van der Waals surface area contributed by atoms with Gasteiger partial charge in [-0.1, -0.05) is 11.6 Å². The molecule has 0 spiro atoms. The molecule has 0 bridgehead atoms. The van der Waals surface area contributed by atoms with Crippen LogP contribution in [0.2, 0.25) is 5.15 Å². The van der Waals surface area contributed by atoms with Crippen molar-refractivity contribution < 1.29 is 8.42 Å². The summed E-state index contributed by atoms with van der Waals surface area (Å²) in [6, 6.07) is 1.60. The van der Waals surface area contributed by atoms with Crippen molar-refractivity contribution in [3.63, 3.8) is 0 Å². The first-order valence-electron chi connectivity index (χ1n) is 4.63. The lowest BCUT2D eigenvalue weighted by atomic mass is 10.1. The summed E-state index contributed by atoms with van der Waals surface area (Å²) in [5, 5.41) is -0.237. The first kappa shape index (κ1) is 10.7. The lowest BCUT2D eigenvalue weighted by Crippen LogP contribution is -2.08. The Labute approximate surface area is 93.4 Å². The molecule has 0 saturated carbocycles. The van der Waals surface area contributed by atoms with Crippen LogP contribution < -0.4 is 5.73 Å². The van der Waals surface area contributed by atoms with Gasteiger partial charge in [0, 0.05) is 6.20 Å². The molecule has 2 heterocycles. The Hall–Kier alpha value is -0.810. The molecule has 1 unspecified atom stereocenters. The summed E-state index contributed by atoms with van der Waals surface area (Å²) < 4.78 is 23.3. The second kappa shape index (κ2) is 3.64. The number of sulfone groups is 1. The summed E-state index contributed by atoms with van der Waals surface area (Å²) in [5.41, 5.74) is 6.57. The number of nitrogens with two attached hydrogens (primary N) is 1. The minimum absolute atomic E-state index is 0.217. The lowest BCUT2D eigenvalue weighted by molar-refractivity contribution is 0.592. The van der Waals surface area contributed by atoms with Gasteiger partial charge in [0.25, 0.3) is 0 Å². The van der Waals surface area contributed by atoms with E-state index in [0.29, 0.717) is 24.1 Å². The zero-order valence-electron chi connectivity index (χ0n) is 7.98. The molecule has 0 aliphatic carbocycles.